The van der Waals surface area contributed by atoms with Gasteiger partial charge in [-0.3, -0.25) is 9.59 Å². The van der Waals surface area contributed by atoms with E-state index in [0.717, 1.165) is 22.6 Å². The van der Waals surface area contributed by atoms with Crippen LogP contribution in [0.2, 0.25) is 0 Å². The maximum atomic E-state index is 13.8. The van der Waals surface area contributed by atoms with Gasteiger partial charge in [-0.05, 0) is 98.8 Å². The summed E-state index contributed by atoms with van der Waals surface area (Å²) in [4.78, 5) is 41.7. The van der Waals surface area contributed by atoms with Gasteiger partial charge < -0.3 is 20.1 Å². The Kier molecular flexibility index (Phi) is 9.11. The quantitative estimate of drug-likeness (QED) is 0.151. The topological polar surface area (TPSA) is 115 Å². The van der Waals surface area contributed by atoms with Crippen LogP contribution in [0.3, 0.4) is 0 Å². The summed E-state index contributed by atoms with van der Waals surface area (Å²) in [7, 11) is 0. The van der Waals surface area contributed by atoms with Gasteiger partial charge in [0.1, 0.15) is 23.1 Å². The second-order valence-corrected chi connectivity index (χ2v) is 11.4. The molecule has 9 heteroatoms. The molecule has 0 atom stereocenters. The number of benzene rings is 4. The molecule has 0 aliphatic carbocycles. The number of nitrogens with zero attached hydrogens (tertiary/aromatic N) is 3. The van der Waals surface area contributed by atoms with Gasteiger partial charge in [-0.2, -0.15) is 0 Å². The Labute approximate surface area is 289 Å². The number of hydrogen-bond donors (Lipinski definition) is 2. The number of pyridine rings is 3. The van der Waals surface area contributed by atoms with Crippen molar-refractivity contribution in [1.29, 1.82) is 0 Å². The zero-order valence-corrected chi connectivity index (χ0v) is 27.5. The molecule has 2 amide bonds. The molecule has 4 aromatic carbocycles. The Hall–Kier alpha value is -6.61. The Morgan fingerprint density at radius 3 is 1.36 bits per heavy atom. The molecule has 0 aliphatic rings. The summed E-state index contributed by atoms with van der Waals surface area (Å²) in [5, 5.41) is 7.24. The van der Waals surface area contributed by atoms with Gasteiger partial charge in [-0.25, -0.2) is 15.0 Å². The molecule has 0 radical (unpaired) electrons. The van der Waals surface area contributed by atoms with Crippen LogP contribution in [0.25, 0.3) is 44.3 Å². The van der Waals surface area contributed by atoms with Crippen molar-refractivity contribution in [3.05, 3.63) is 139 Å². The third kappa shape index (κ3) is 6.84. The molecule has 9 nitrogen and oxygen atoms in total. The van der Waals surface area contributed by atoms with Gasteiger partial charge in [0.05, 0.1) is 46.8 Å². The predicted octanol–water partition coefficient (Wildman–Crippen LogP) is 8.81. The van der Waals surface area contributed by atoms with Crippen molar-refractivity contribution in [3.8, 4) is 34.0 Å². The van der Waals surface area contributed by atoms with Gasteiger partial charge in [0.25, 0.3) is 11.8 Å². The molecule has 2 N–H and O–H groups in total. The number of para-hydroxylation sites is 2. The minimum absolute atomic E-state index is 0.283. The fourth-order valence-electron chi connectivity index (χ4n) is 5.74. The van der Waals surface area contributed by atoms with E-state index in [0.29, 0.717) is 57.5 Å². The number of carbonyl (C=O) groups excluding carboxylic acids is 2. The van der Waals surface area contributed by atoms with Crippen LogP contribution >= 0.6 is 0 Å². The van der Waals surface area contributed by atoms with Gasteiger partial charge in [0, 0.05) is 21.9 Å². The van der Waals surface area contributed by atoms with E-state index in [9.17, 15) is 9.59 Å². The second kappa shape index (κ2) is 14.2. The number of aromatic nitrogens is 3. The number of amides is 2. The lowest BCUT2D eigenvalue weighted by Gasteiger charge is -2.13. The highest BCUT2D eigenvalue weighted by Gasteiger charge is 2.17. The minimum Gasteiger partial charge on any atom is -0.494 e. The van der Waals surface area contributed by atoms with Gasteiger partial charge in [-0.1, -0.05) is 42.5 Å². The molecule has 0 aliphatic heterocycles. The van der Waals surface area contributed by atoms with E-state index in [-0.39, 0.29) is 23.5 Å². The van der Waals surface area contributed by atoms with E-state index < -0.39 is 0 Å². The highest BCUT2D eigenvalue weighted by molar-refractivity contribution is 6.14. The molecule has 3 aromatic heterocycles. The van der Waals surface area contributed by atoms with Crippen LogP contribution in [0.5, 0.6) is 11.5 Å². The maximum absolute atomic E-state index is 13.8. The molecule has 0 bridgehead atoms. The first kappa shape index (κ1) is 32.0. The van der Waals surface area contributed by atoms with Crippen molar-refractivity contribution in [2.24, 2.45) is 0 Å². The highest BCUT2D eigenvalue weighted by Crippen LogP contribution is 2.29. The van der Waals surface area contributed by atoms with Gasteiger partial charge in [0.2, 0.25) is 0 Å². The van der Waals surface area contributed by atoms with Crippen LogP contribution in [0.15, 0.2) is 127 Å². The van der Waals surface area contributed by atoms with Crippen molar-refractivity contribution < 1.29 is 19.1 Å². The maximum Gasteiger partial charge on any atom is 0.257 e. The van der Waals surface area contributed by atoms with Gasteiger partial charge in [-0.15, -0.1) is 0 Å². The summed E-state index contributed by atoms with van der Waals surface area (Å²) in [5.74, 6) is 1.38. The van der Waals surface area contributed by atoms with Gasteiger partial charge in [0.15, 0.2) is 0 Å². The zero-order valence-electron chi connectivity index (χ0n) is 27.5. The fraction of sp³-hybridized carbons (Fsp3) is 0.0976. The van der Waals surface area contributed by atoms with E-state index in [1.165, 1.54) is 0 Å². The molecule has 246 valence electrons. The Bertz CT molecular complexity index is 2180. The van der Waals surface area contributed by atoms with Crippen LogP contribution in [0.4, 0.5) is 11.6 Å². The number of anilines is 2. The second-order valence-electron chi connectivity index (χ2n) is 11.4. The van der Waals surface area contributed by atoms with Crippen molar-refractivity contribution in [1.82, 2.24) is 15.0 Å². The number of carbonyl (C=O) groups is 2. The summed E-state index contributed by atoms with van der Waals surface area (Å²) in [5.41, 5.74) is 5.27. The Morgan fingerprint density at radius 2 is 0.940 bits per heavy atom. The third-order valence-corrected chi connectivity index (χ3v) is 8.08. The van der Waals surface area contributed by atoms with Crippen LogP contribution in [0, 0.1) is 0 Å². The van der Waals surface area contributed by atoms with Crippen molar-refractivity contribution >= 4 is 45.3 Å². The number of hydrogen-bond acceptors (Lipinski definition) is 7. The number of rotatable bonds is 10. The molecular formula is C41H33N5O4. The van der Waals surface area contributed by atoms with Crippen LogP contribution in [-0.4, -0.2) is 40.0 Å². The van der Waals surface area contributed by atoms with Crippen LogP contribution in [-0.2, 0) is 0 Å². The molecule has 3 heterocycles. The van der Waals surface area contributed by atoms with Gasteiger partial charge >= 0.3 is 0 Å². The van der Waals surface area contributed by atoms with E-state index >= 15 is 0 Å². The molecule has 50 heavy (non-hydrogen) atoms. The summed E-state index contributed by atoms with van der Waals surface area (Å²) in [6.45, 7) is 5.02. The average Bonchev–Trinajstić information content (AvgIpc) is 3.15. The smallest absolute Gasteiger partial charge is 0.257 e. The summed E-state index contributed by atoms with van der Waals surface area (Å²) < 4.78 is 11.2. The number of nitrogens with one attached hydrogen (secondary N) is 2. The third-order valence-electron chi connectivity index (χ3n) is 8.08. The molecule has 7 aromatic rings. The van der Waals surface area contributed by atoms with E-state index in [1.807, 2.05) is 111 Å². The van der Waals surface area contributed by atoms with Crippen molar-refractivity contribution in [3.63, 3.8) is 0 Å². The molecule has 7 rings (SSSR count). The first-order valence-electron chi connectivity index (χ1n) is 16.3. The van der Waals surface area contributed by atoms with Crippen molar-refractivity contribution in [2.75, 3.05) is 23.8 Å². The van der Waals surface area contributed by atoms with Crippen LogP contribution < -0.4 is 20.1 Å². The first-order chi connectivity index (χ1) is 24.5. The van der Waals surface area contributed by atoms with E-state index in [2.05, 4.69) is 15.6 Å². The normalized spacial score (nSPS) is 10.9. The molecular weight excluding hydrogens is 626 g/mol. The van der Waals surface area contributed by atoms with E-state index in [4.69, 9.17) is 19.4 Å². The lowest BCUT2D eigenvalue weighted by atomic mass is 10.0. The zero-order chi connectivity index (χ0) is 34.5. The fourth-order valence-corrected chi connectivity index (χ4v) is 5.74. The summed E-state index contributed by atoms with van der Waals surface area (Å²) >= 11 is 0. The molecule has 0 saturated carbocycles. The Balaban J connectivity index is 1.15. The molecule has 0 spiro atoms. The minimum atomic E-state index is -0.355. The highest BCUT2D eigenvalue weighted by atomic mass is 16.5. The van der Waals surface area contributed by atoms with Crippen molar-refractivity contribution in [2.45, 2.75) is 13.8 Å². The number of ether oxygens (including phenoxy) is 2. The monoisotopic (exact) mass is 659 g/mol. The Morgan fingerprint density at radius 1 is 0.520 bits per heavy atom. The summed E-state index contributed by atoms with van der Waals surface area (Å²) in [6.07, 6.45) is 0. The molecule has 0 fully saturated rings. The largest absolute Gasteiger partial charge is 0.494 e. The SMILES string of the molecule is CCOc1ccc(-c2cc(C(=O)Nc3cccc(NC(=O)c4cc(-c5ccc(OCC)cc5)nc5ccccc45)n3)c3ccccc3n2)cc1. The van der Waals surface area contributed by atoms with Crippen LogP contribution in [0.1, 0.15) is 34.6 Å². The first-order valence-corrected chi connectivity index (χ1v) is 16.3. The molecule has 0 unspecified atom stereocenters. The van der Waals surface area contributed by atoms with E-state index in [1.54, 1.807) is 30.3 Å². The standard InChI is InChI=1S/C41H33N5O4/c1-3-49-28-20-16-26(17-21-28)36-24-32(30-10-5-7-12-34(30)42-36)40(47)45-38-14-9-15-39(44-38)46-41(48)33-25-37(43-35-13-8-6-11-31(33)35)27-18-22-29(23-19-27)50-4-2/h5-25H,3-4H2,1-2H3,(H2,44,45,46,47,48). The average molecular weight is 660 g/mol. The predicted molar refractivity (Wildman–Crippen MR) is 197 cm³/mol. The molecule has 0 saturated heterocycles. The summed E-state index contributed by atoms with van der Waals surface area (Å²) in [6, 6.07) is 38.9. The lowest BCUT2D eigenvalue weighted by molar-refractivity contribution is 0.102. The lowest BCUT2D eigenvalue weighted by Crippen LogP contribution is -2.17. The number of fused-ring (bicyclic) bond motifs is 2.